The number of rotatable bonds is 5. The number of anilines is 1. The maximum atomic E-state index is 12.1. The van der Waals surface area contributed by atoms with Gasteiger partial charge in [0.15, 0.2) is 0 Å². The Morgan fingerprint density at radius 2 is 2.00 bits per heavy atom. The van der Waals surface area contributed by atoms with Crippen LogP contribution in [0.15, 0.2) is 35.3 Å². The normalized spacial score (nSPS) is 14.2. The first kappa shape index (κ1) is 14.4. The number of nitrogens with zero attached hydrogens (tertiary/aromatic N) is 2. The van der Waals surface area contributed by atoms with Gasteiger partial charge in [0, 0.05) is 28.2 Å². The van der Waals surface area contributed by atoms with Crippen LogP contribution in [0.1, 0.15) is 18.4 Å². The predicted octanol–water partition coefficient (Wildman–Crippen LogP) is 3.42. The van der Waals surface area contributed by atoms with Crippen LogP contribution in [0, 0.1) is 5.92 Å². The summed E-state index contributed by atoms with van der Waals surface area (Å²) in [7, 11) is 0. The predicted molar refractivity (Wildman–Crippen MR) is 85.3 cm³/mol. The summed E-state index contributed by atoms with van der Waals surface area (Å²) < 4.78 is 1.36. The van der Waals surface area contributed by atoms with Crippen LogP contribution < -0.4 is 10.9 Å². The lowest BCUT2D eigenvalue weighted by atomic mass is 10.2. The van der Waals surface area contributed by atoms with Crippen molar-refractivity contribution in [2.75, 3.05) is 11.9 Å². The molecule has 0 amide bonds. The molecule has 0 unspecified atom stereocenters. The van der Waals surface area contributed by atoms with Gasteiger partial charge in [0.2, 0.25) is 0 Å². The van der Waals surface area contributed by atoms with E-state index >= 15 is 0 Å². The Balaban J connectivity index is 1.77. The van der Waals surface area contributed by atoms with Crippen LogP contribution in [-0.4, -0.2) is 16.3 Å². The molecule has 6 heteroatoms. The largest absolute Gasteiger partial charge is 0.383 e. The van der Waals surface area contributed by atoms with E-state index in [-0.39, 0.29) is 12.1 Å². The molecule has 0 bridgehead atoms. The number of hydrogen-bond donors (Lipinski definition) is 1. The number of aromatic nitrogens is 2. The lowest BCUT2D eigenvalue weighted by molar-refractivity contribution is 0.639. The van der Waals surface area contributed by atoms with Crippen molar-refractivity contribution in [2.24, 2.45) is 5.92 Å². The lowest BCUT2D eigenvalue weighted by Crippen LogP contribution is -2.23. The Labute approximate surface area is 132 Å². The highest BCUT2D eigenvalue weighted by Crippen LogP contribution is 2.28. The zero-order valence-electron chi connectivity index (χ0n) is 11.4. The molecule has 1 aliphatic carbocycles. The van der Waals surface area contributed by atoms with Crippen LogP contribution in [0.5, 0.6) is 0 Å². The molecule has 0 radical (unpaired) electrons. The van der Waals surface area contributed by atoms with Crippen molar-refractivity contribution in [3.8, 4) is 0 Å². The summed E-state index contributed by atoms with van der Waals surface area (Å²) in [4.78, 5) is 12.1. The van der Waals surface area contributed by atoms with Gasteiger partial charge in [-0.05, 0) is 30.9 Å². The molecule has 1 aromatic carbocycles. The number of halogens is 2. The number of nitrogens with one attached hydrogen (secondary N) is 1. The summed E-state index contributed by atoms with van der Waals surface area (Å²) in [5, 5.41) is 8.48. The third-order valence-electron chi connectivity index (χ3n) is 3.53. The van der Waals surface area contributed by atoms with Gasteiger partial charge >= 0.3 is 0 Å². The second-order valence-corrected chi connectivity index (χ2v) is 6.08. The lowest BCUT2D eigenvalue weighted by Gasteiger charge is -2.10. The fourth-order valence-corrected chi connectivity index (χ4v) is 2.58. The Morgan fingerprint density at radius 3 is 2.62 bits per heavy atom. The SMILES string of the molecule is O=c1cc(NCC2CC2)cnn1Cc1c(Cl)cccc1Cl. The molecule has 0 atom stereocenters. The van der Waals surface area contributed by atoms with Crippen LogP contribution in [0.3, 0.4) is 0 Å². The Hall–Kier alpha value is -1.52. The molecule has 1 aliphatic rings. The molecule has 0 spiro atoms. The van der Waals surface area contributed by atoms with Gasteiger partial charge in [0.1, 0.15) is 0 Å². The summed E-state index contributed by atoms with van der Waals surface area (Å²) in [5.41, 5.74) is 1.29. The van der Waals surface area contributed by atoms with Gasteiger partial charge in [-0.3, -0.25) is 4.79 Å². The van der Waals surface area contributed by atoms with Crippen molar-refractivity contribution in [1.29, 1.82) is 0 Å². The van der Waals surface area contributed by atoms with E-state index in [1.807, 2.05) is 0 Å². The smallest absolute Gasteiger partial charge is 0.269 e. The molecule has 110 valence electrons. The molecule has 1 aromatic heterocycles. The number of benzene rings is 1. The molecule has 0 aliphatic heterocycles. The zero-order valence-corrected chi connectivity index (χ0v) is 12.9. The van der Waals surface area contributed by atoms with Crippen molar-refractivity contribution in [1.82, 2.24) is 9.78 Å². The average molecular weight is 324 g/mol. The Kier molecular flexibility index (Phi) is 4.17. The second-order valence-electron chi connectivity index (χ2n) is 5.26. The summed E-state index contributed by atoms with van der Waals surface area (Å²) in [6.07, 6.45) is 4.19. The van der Waals surface area contributed by atoms with E-state index in [2.05, 4.69) is 10.4 Å². The highest BCUT2D eigenvalue weighted by molar-refractivity contribution is 6.35. The quantitative estimate of drug-likeness (QED) is 0.917. The minimum atomic E-state index is -0.174. The molecule has 1 fully saturated rings. The molecular formula is C15H15Cl2N3O. The maximum absolute atomic E-state index is 12.1. The van der Waals surface area contributed by atoms with E-state index in [1.165, 1.54) is 17.5 Å². The van der Waals surface area contributed by atoms with Gasteiger partial charge in [-0.1, -0.05) is 29.3 Å². The Bertz CT molecular complexity index is 690. The first-order valence-corrected chi connectivity index (χ1v) is 7.63. The van der Waals surface area contributed by atoms with Gasteiger partial charge in [-0.25, -0.2) is 4.68 Å². The van der Waals surface area contributed by atoms with E-state index in [4.69, 9.17) is 23.2 Å². The van der Waals surface area contributed by atoms with Crippen molar-refractivity contribution < 1.29 is 0 Å². The van der Waals surface area contributed by atoms with Crippen LogP contribution >= 0.6 is 23.2 Å². The average Bonchev–Trinajstić information content (AvgIpc) is 3.27. The fraction of sp³-hybridized carbons (Fsp3) is 0.333. The van der Waals surface area contributed by atoms with Crippen molar-refractivity contribution in [3.63, 3.8) is 0 Å². The summed E-state index contributed by atoms with van der Waals surface area (Å²) in [6.45, 7) is 1.17. The highest BCUT2D eigenvalue weighted by Gasteiger charge is 2.20. The van der Waals surface area contributed by atoms with E-state index in [0.717, 1.165) is 18.2 Å². The molecule has 21 heavy (non-hydrogen) atoms. The molecular weight excluding hydrogens is 309 g/mol. The van der Waals surface area contributed by atoms with Crippen molar-refractivity contribution in [3.05, 3.63) is 56.4 Å². The third kappa shape index (κ3) is 3.57. The van der Waals surface area contributed by atoms with Gasteiger partial charge in [-0.15, -0.1) is 0 Å². The minimum absolute atomic E-state index is 0.174. The topological polar surface area (TPSA) is 46.9 Å². The van der Waals surface area contributed by atoms with Gasteiger partial charge < -0.3 is 5.32 Å². The fourth-order valence-electron chi connectivity index (χ4n) is 2.07. The second kappa shape index (κ2) is 6.08. The monoisotopic (exact) mass is 323 g/mol. The molecule has 1 heterocycles. The summed E-state index contributed by atoms with van der Waals surface area (Å²) >= 11 is 12.2. The van der Waals surface area contributed by atoms with E-state index in [9.17, 15) is 4.79 Å². The van der Waals surface area contributed by atoms with Crippen LogP contribution in [-0.2, 0) is 6.54 Å². The van der Waals surface area contributed by atoms with Gasteiger partial charge in [0.05, 0.1) is 18.4 Å². The van der Waals surface area contributed by atoms with E-state index < -0.39 is 0 Å². The van der Waals surface area contributed by atoms with Gasteiger partial charge in [-0.2, -0.15) is 5.10 Å². The molecule has 1 N–H and O–H groups in total. The van der Waals surface area contributed by atoms with Crippen LogP contribution in [0.2, 0.25) is 10.0 Å². The number of hydrogen-bond acceptors (Lipinski definition) is 3. The minimum Gasteiger partial charge on any atom is -0.383 e. The van der Waals surface area contributed by atoms with Crippen molar-refractivity contribution >= 4 is 28.9 Å². The Morgan fingerprint density at radius 1 is 1.29 bits per heavy atom. The first-order valence-electron chi connectivity index (χ1n) is 6.87. The molecule has 0 saturated heterocycles. The maximum Gasteiger partial charge on any atom is 0.269 e. The van der Waals surface area contributed by atoms with E-state index in [0.29, 0.717) is 15.6 Å². The van der Waals surface area contributed by atoms with Crippen LogP contribution in [0.4, 0.5) is 5.69 Å². The molecule has 2 aromatic rings. The summed E-state index contributed by atoms with van der Waals surface area (Å²) in [6, 6.07) is 6.83. The van der Waals surface area contributed by atoms with Crippen molar-refractivity contribution in [2.45, 2.75) is 19.4 Å². The van der Waals surface area contributed by atoms with Crippen LogP contribution in [0.25, 0.3) is 0 Å². The molecule has 4 nitrogen and oxygen atoms in total. The first-order chi connectivity index (χ1) is 10.1. The molecule has 1 saturated carbocycles. The highest BCUT2D eigenvalue weighted by atomic mass is 35.5. The van der Waals surface area contributed by atoms with E-state index in [1.54, 1.807) is 30.5 Å². The molecule has 3 rings (SSSR count). The zero-order chi connectivity index (χ0) is 14.8. The van der Waals surface area contributed by atoms with Gasteiger partial charge in [0.25, 0.3) is 5.56 Å². The third-order valence-corrected chi connectivity index (χ3v) is 4.24. The summed E-state index contributed by atoms with van der Waals surface area (Å²) in [5.74, 6) is 0.745. The standard InChI is InChI=1S/C15H15Cl2N3O/c16-13-2-1-3-14(17)12(13)9-20-15(21)6-11(8-19-20)18-7-10-4-5-10/h1-3,6,8,10,18H,4-5,7,9H2.